The number of carbonyl (C=O) groups is 2. The molecule has 0 aromatic carbocycles. The highest BCUT2D eigenvalue weighted by Crippen LogP contribution is 2.36. The molecule has 3 N–H and O–H groups in total. The van der Waals surface area contributed by atoms with E-state index in [1.807, 2.05) is 16.7 Å². The molecular weight excluding hydrogens is 438 g/mol. The van der Waals surface area contributed by atoms with Crippen LogP contribution in [0.25, 0.3) is 0 Å². The lowest BCUT2D eigenvalue weighted by atomic mass is 9.85. The van der Waals surface area contributed by atoms with Crippen molar-refractivity contribution in [3.63, 3.8) is 0 Å². The second-order valence-corrected chi connectivity index (χ2v) is 11.4. The van der Waals surface area contributed by atoms with Gasteiger partial charge < -0.3 is 15.0 Å². The van der Waals surface area contributed by atoms with Crippen molar-refractivity contribution < 1.29 is 14.3 Å². The van der Waals surface area contributed by atoms with Crippen molar-refractivity contribution in [3.05, 3.63) is 11.6 Å². The molecule has 33 heavy (non-hydrogen) atoms. The number of ether oxygens (including phenoxy) is 1. The summed E-state index contributed by atoms with van der Waals surface area (Å²) in [5.74, 6) is 2.04. The Hall–Kier alpha value is -1.13. The van der Waals surface area contributed by atoms with E-state index in [9.17, 15) is 9.59 Å². The molecule has 8 nitrogen and oxygen atoms in total. The molecule has 5 rings (SSSR count). The molecule has 2 amide bonds. The first kappa shape index (κ1) is 23.6. The van der Waals surface area contributed by atoms with Crippen molar-refractivity contribution >= 4 is 23.6 Å². The minimum Gasteiger partial charge on any atom is -0.379 e. The lowest BCUT2D eigenvalue weighted by Gasteiger charge is -2.34. The number of carbonyl (C=O) groups excluding carboxylic acids is 2. The van der Waals surface area contributed by atoms with Crippen LogP contribution in [0.3, 0.4) is 0 Å². The van der Waals surface area contributed by atoms with Crippen molar-refractivity contribution in [2.45, 2.75) is 62.0 Å². The Morgan fingerprint density at radius 2 is 1.94 bits per heavy atom. The summed E-state index contributed by atoms with van der Waals surface area (Å²) in [6.45, 7) is 6.26. The quantitative estimate of drug-likeness (QED) is 0.482. The van der Waals surface area contributed by atoms with Crippen LogP contribution in [0, 0.1) is 5.92 Å². The first-order valence-corrected chi connectivity index (χ1v) is 13.9. The first-order chi connectivity index (χ1) is 16.2. The highest BCUT2D eigenvalue weighted by atomic mass is 32.2. The van der Waals surface area contributed by atoms with Gasteiger partial charge in [0.1, 0.15) is 6.04 Å². The second-order valence-electron chi connectivity index (χ2n) is 10.2. The first-order valence-electron chi connectivity index (χ1n) is 12.9. The Labute approximate surface area is 201 Å². The van der Waals surface area contributed by atoms with E-state index in [0.717, 1.165) is 77.4 Å². The highest BCUT2D eigenvalue weighted by molar-refractivity contribution is 8.00. The molecule has 5 aliphatic rings. The van der Waals surface area contributed by atoms with Crippen molar-refractivity contribution in [1.82, 2.24) is 25.8 Å². The fourth-order valence-electron chi connectivity index (χ4n) is 5.94. The van der Waals surface area contributed by atoms with E-state index in [2.05, 4.69) is 26.9 Å². The zero-order valence-electron chi connectivity index (χ0n) is 19.6. The summed E-state index contributed by atoms with van der Waals surface area (Å²) in [7, 11) is 0. The molecule has 1 aliphatic carbocycles. The number of thioether (sulfide) groups is 1. The molecule has 3 saturated heterocycles. The van der Waals surface area contributed by atoms with E-state index in [1.165, 1.54) is 18.4 Å². The fraction of sp³-hybridized carbons (Fsp3) is 0.833. The van der Waals surface area contributed by atoms with E-state index < -0.39 is 0 Å². The van der Waals surface area contributed by atoms with Gasteiger partial charge in [0.15, 0.2) is 0 Å². The van der Waals surface area contributed by atoms with Crippen molar-refractivity contribution in [1.29, 1.82) is 0 Å². The van der Waals surface area contributed by atoms with Gasteiger partial charge in [-0.15, -0.1) is 11.8 Å². The normalized spacial score (nSPS) is 35.6. The van der Waals surface area contributed by atoms with Crippen LogP contribution >= 0.6 is 11.8 Å². The van der Waals surface area contributed by atoms with Crippen LogP contribution in [0.5, 0.6) is 0 Å². The SMILES string of the molecule is O=C(CN1CCOCC1)NC1CCCC(C2NC(C3=CC(C(=O)N4CCCC4)NC3)CS2)C1. The van der Waals surface area contributed by atoms with Gasteiger partial charge in [-0.3, -0.25) is 25.1 Å². The van der Waals surface area contributed by atoms with Crippen molar-refractivity contribution in [3.8, 4) is 0 Å². The van der Waals surface area contributed by atoms with Crippen molar-refractivity contribution in [2.24, 2.45) is 5.92 Å². The zero-order valence-corrected chi connectivity index (χ0v) is 20.4. The number of morpholine rings is 1. The predicted molar refractivity (Wildman–Crippen MR) is 130 cm³/mol. The molecule has 4 aliphatic heterocycles. The van der Waals surface area contributed by atoms with Gasteiger partial charge in [-0.2, -0.15) is 0 Å². The molecule has 0 radical (unpaired) electrons. The summed E-state index contributed by atoms with van der Waals surface area (Å²) in [5.41, 5.74) is 1.34. The maximum absolute atomic E-state index is 12.7. The molecule has 0 aromatic rings. The summed E-state index contributed by atoms with van der Waals surface area (Å²) >= 11 is 2.02. The van der Waals surface area contributed by atoms with Gasteiger partial charge in [0.05, 0.1) is 25.1 Å². The van der Waals surface area contributed by atoms with E-state index in [-0.39, 0.29) is 23.9 Å². The highest BCUT2D eigenvalue weighted by Gasteiger charge is 2.38. The average molecular weight is 478 g/mol. The third-order valence-electron chi connectivity index (χ3n) is 7.83. The van der Waals surface area contributed by atoms with E-state index >= 15 is 0 Å². The maximum Gasteiger partial charge on any atom is 0.243 e. The van der Waals surface area contributed by atoms with E-state index in [1.54, 1.807) is 0 Å². The molecule has 4 fully saturated rings. The molecular formula is C24H39N5O3S. The summed E-state index contributed by atoms with van der Waals surface area (Å²) in [6, 6.07) is 0.485. The molecule has 0 bridgehead atoms. The third kappa shape index (κ3) is 5.93. The lowest BCUT2D eigenvalue weighted by molar-refractivity contribution is -0.131. The van der Waals surface area contributed by atoms with Crippen LogP contribution in [-0.4, -0.2) is 103 Å². The summed E-state index contributed by atoms with van der Waals surface area (Å²) in [5, 5.41) is 11.0. The monoisotopic (exact) mass is 477 g/mol. The number of hydrogen-bond donors (Lipinski definition) is 3. The van der Waals surface area contributed by atoms with Gasteiger partial charge in [0.25, 0.3) is 0 Å². The number of amides is 2. The van der Waals surface area contributed by atoms with Crippen LogP contribution in [-0.2, 0) is 14.3 Å². The fourth-order valence-corrected chi connectivity index (χ4v) is 7.43. The van der Waals surface area contributed by atoms with Crippen LogP contribution in [0.1, 0.15) is 38.5 Å². The van der Waals surface area contributed by atoms with Crippen LogP contribution < -0.4 is 16.0 Å². The van der Waals surface area contributed by atoms with Gasteiger partial charge in [0, 0.05) is 50.6 Å². The average Bonchev–Trinajstić information content (AvgIpc) is 3.61. The number of likely N-dealkylation sites (tertiary alicyclic amines) is 1. The predicted octanol–water partition coefficient (Wildman–Crippen LogP) is 0.545. The lowest BCUT2D eigenvalue weighted by Crippen LogP contribution is -2.48. The molecule has 5 atom stereocenters. The van der Waals surface area contributed by atoms with Crippen LogP contribution in [0.2, 0.25) is 0 Å². The Bertz CT molecular complexity index is 738. The molecule has 1 saturated carbocycles. The molecule has 9 heteroatoms. The zero-order chi connectivity index (χ0) is 22.6. The Balaban J connectivity index is 1.08. The number of hydrogen-bond acceptors (Lipinski definition) is 7. The Morgan fingerprint density at radius 3 is 2.76 bits per heavy atom. The topological polar surface area (TPSA) is 85.9 Å². The van der Waals surface area contributed by atoms with Gasteiger partial charge >= 0.3 is 0 Å². The standard InChI is InChI=1S/C24H39N5O3S/c30-22(15-28-8-10-32-11-9-28)26-19-5-3-4-17(12-19)23-27-21(16-33-23)18-13-20(25-14-18)24(31)29-6-1-2-7-29/h13,17,19-21,23,25,27H,1-12,14-16H2,(H,26,30). The van der Waals surface area contributed by atoms with E-state index in [0.29, 0.717) is 23.9 Å². The molecule has 0 aromatic heterocycles. The number of nitrogens with one attached hydrogen (secondary N) is 3. The molecule has 0 spiro atoms. The minimum absolute atomic E-state index is 0.148. The van der Waals surface area contributed by atoms with Gasteiger partial charge in [-0.05, 0) is 43.6 Å². The Morgan fingerprint density at radius 1 is 1.12 bits per heavy atom. The maximum atomic E-state index is 12.7. The van der Waals surface area contributed by atoms with Gasteiger partial charge in [-0.25, -0.2) is 0 Å². The number of nitrogens with zero attached hydrogens (tertiary/aromatic N) is 2. The largest absolute Gasteiger partial charge is 0.379 e. The summed E-state index contributed by atoms with van der Waals surface area (Å²) in [6.07, 6.45) is 8.98. The van der Waals surface area contributed by atoms with E-state index in [4.69, 9.17) is 4.74 Å². The van der Waals surface area contributed by atoms with Gasteiger partial charge in [0.2, 0.25) is 11.8 Å². The summed E-state index contributed by atoms with van der Waals surface area (Å²) in [4.78, 5) is 29.5. The second kappa shape index (κ2) is 11.1. The minimum atomic E-state index is -0.148. The molecule has 5 unspecified atom stereocenters. The Kier molecular flexibility index (Phi) is 7.92. The van der Waals surface area contributed by atoms with Crippen LogP contribution in [0.4, 0.5) is 0 Å². The van der Waals surface area contributed by atoms with Gasteiger partial charge in [-0.1, -0.05) is 12.5 Å². The third-order valence-corrected chi connectivity index (χ3v) is 9.23. The smallest absolute Gasteiger partial charge is 0.243 e. The van der Waals surface area contributed by atoms with Crippen molar-refractivity contribution in [2.75, 3.05) is 58.2 Å². The van der Waals surface area contributed by atoms with Crippen LogP contribution in [0.15, 0.2) is 11.6 Å². The molecule has 184 valence electrons. The number of rotatable bonds is 6. The molecule has 4 heterocycles. The summed E-state index contributed by atoms with van der Waals surface area (Å²) < 4.78 is 5.38.